The van der Waals surface area contributed by atoms with E-state index in [-0.39, 0.29) is 11.8 Å². The second-order valence-electron chi connectivity index (χ2n) is 8.35. The van der Waals surface area contributed by atoms with Gasteiger partial charge >= 0.3 is 0 Å². The molecule has 2 aromatic heterocycles. The summed E-state index contributed by atoms with van der Waals surface area (Å²) in [5, 5.41) is 6.44. The van der Waals surface area contributed by atoms with Crippen LogP contribution in [0.5, 0.6) is 0 Å². The first-order valence-electron chi connectivity index (χ1n) is 11.2. The van der Waals surface area contributed by atoms with Crippen LogP contribution in [0.25, 0.3) is 27.8 Å². The second-order valence-corrected chi connectivity index (χ2v) is 11.0. The zero-order valence-corrected chi connectivity index (χ0v) is 21.3. The molecule has 2 amide bonds. The average Bonchev–Trinajstić information content (AvgIpc) is 3.61. The minimum Gasteiger partial charge on any atom is -0.342 e. The van der Waals surface area contributed by atoms with Crippen LogP contribution in [0.4, 0.5) is 0 Å². The van der Waals surface area contributed by atoms with Crippen LogP contribution < -0.4 is 5.43 Å². The standard InChI is InChI=1S/C28H19N3O2S3/c32-26(24-10-5-13-35-24)29-31-27(33)25(36-28(31)34)15-21-17-30(23-9-4-3-8-22(21)23)16-18-11-12-19-6-1-2-7-20(19)14-18/h1-15,17H,16H2,(H,29,32)/b25-15-. The first-order chi connectivity index (χ1) is 17.6. The Balaban J connectivity index is 1.30. The molecule has 5 nitrogen and oxygen atoms in total. The lowest BCUT2D eigenvalue weighted by molar-refractivity contribution is -0.123. The maximum atomic E-state index is 13.1. The van der Waals surface area contributed by atoms with E-state index >= 15 is 0 Å². The number of nitrogens with one attached hydrogen (secondary N) is 1. The molecule has 3 heterocycles. The fourth-order valence-electron chi connectivity index (χ4n) is 4.32. The van der Waals surface area contributed by atoms with Gasteiger partial charge in [-0.05, 0) is 58.2 Å². The van der Waals surface area contributed by atoms with Crippen molar-refractivity contribution >= 4 is 79.2 Å². The van der Waals surface area contributed by atoms with E-state index in [2.05, 4.69) is 58.7 Å². The van der Waals surface area contributed by atoms with Gasteiger partial charge in [-0.2, -0.15) is 5.01 Å². The number of amides is 2. The highest BCUT2D eigenvalue weighted by atomic mass is 32.2. The number of nitrogens with zero attached hydrogens (tertiary/aromatic N) is 2. The Kier molecular flexibility index (Phi) is 5.92. The van der Waals surface area contributed by atoms with Crippen LogP contribution in [0.1, 0.15) is 20.8 Å². The third-order valence-electron chi connectivity index (χ3n) is 6.02. The van der Waals surface area contributed by atoms with Gasteiger partial charge in [0.2, 0.25) is 0 Å². The lowest BCUT2D eigenvalue weighted by Crippen LogP contribution is -2.44. The molecule has 1 fully saturated rings. The molecule has 1 saturated heterocycles. The molecule has 0 unspecified atom stereocenters. The third kappa shape index (κ3) is 4.24. The summed E-state index contributed by atoms with van der Waals surface area (Å²) in [7, 11) is 0. The van der Waals surface area contributed by atoms with Crippen molar-refractivity contribution in [2.75, 3.05) is 0 Å². The van der Waals surface area contributed by atoms with Gasteiger partial charge in [-0.3, -0.25) is 15.0 Å². The molecular weight excluding hydrogens is 507 g/mol. The topological polar surface area (TPSA) is 54.3 Å². The number of thiophene rings is 1. The number of aromatic nitrogens is 1. The number of carbonyl (C=O) groups is 2. The van der Waals surface area contributed by atoms with Crippen molar-refractivity contribution in [3.05, 3.63) is 111 Å². The predicted octanol–water partition coefficient (Wildman–Crippen LogP) is 6.45. The van der Waals surface area contributed by atoms with Crippen molar-refractivity contribution in [3.63, 3.8) is 0 Å². The van der Waals surface area contributed by atoms with Gasteiger partial charge in [0.05, 0.1) is 9.78 Å². The molecule has 0 radical (unpaired) electrons. The van der Waals surface area contributed by atoms with E-state index in [4.69, 9.17) is 12.2 Å². The Morgan fingerprint density at radius 3 is 2.61 bits per heavy atom. The molecule has 1 N–H and O–H groups in total. The molecule has 0 bridgehead atoms. The second kappa shape index (κ2) is 9.39. The highest BCUT2D eigenvalue weighted by Gasteiger charge is 2.34. The summed E-state index contributed by atoms with van der Waals surface area (Å²) < 4.78 is 2.50. The Hall–Kier alpha value is -3.72. The maximum Gasteiger partial charge on any atom is 0.285 e. The first kappa shape index (κ1) is 22.7. The molecule has 8 heteroatoms. The van der Waals surface area contributed by atoms with Gasteiger partial charge in [-0.25, -0.2) is 0 Å². The van der Waals surface area contributed by atoms with Crippen LogP contribution >= 0.6 is 35.3 Å². The van der Waals surface area contributed by atoms with Gasteiger partial charge in [-0.1, -0.05) is 72.4 Å². The van der Waals surface area contributed by atoms with Gasteiger partial charge in [-0.15, -0.1) is 11.3 Å². The van der Waals surface area contributed by atoms with Gasteiger partial charge in [0, 0.05) is 29.2 Å². The monoisotopic (exact) mass is 525 g/mol. The fraction of sp³-hybridized carbons (Fsp3) is 0.0357. The number of hydrogen-bond acceptors (Lipinski definition) is 5. The smallest absolute Gasteiger partial charge is 0.285 e. The summed E-state index contributed by atoms with van der Waals surface area (Å²) in [5.41, 5.74) is 5.84. The summed E-state index contributed by atoms with van der Waals surface area (Å²) in [6.45, 7) is 0.705. The molecule has 0 spiro atoms. The van der Waals surface area contributed by atoms with E-state index in [1.165, 1.54) is 39.4 Å². The summed E-state index contributed by atoms with van der Waals surface area (Å²) in [5.74, 6) is -0.684. The molecule has 176 valence electrons. The Morgan fingerprint density at radius 2 is 1.78 bits per heavy atom. The number of hydrazine groups is 1. The van der Waals surface area contributed by atoms with E-state index in [0.717, 1.165) is 21.5 Å². The summed E-state index contributed by atoms with van der Waals surface area (Å²) in [6, 6.07) is 26.5. The first-order valence-corrected chi connectivity index (χ1v) is 13.4. The van der Waals surface area contributed by atoms with Gasteiger partial charge in [0.1, 0.15) is 0 Å². The molecule has 3 aromatic carbocycles. The fourth-order valence-corrected chi connectivity index (χ4v) is 6.11. The van der Waals surface area contributed by atoms with Crippen molar-refractivity contribution in [2.45, 2.75) is 6.54 Å². The molecule has 5 aromatic rings. The minimum atomic E-state index is -0.352. The maximum absolute atomic E-state index is 13.1. The van der Waals surface area contributed by atoms with Crippen molar-refractivity contribution in [1.82, 2.24) is 15.0 Å². The van der Waals surface area contributed by atoms with Crippen molar-refractivity contribution in [3.8, 4) is 0 Å². The number of carbonyl (C=O) groups excluding carboxylic acids is 2. The van der Waals surface area contributed by atoms with Gasteiger partial charge in [0.25, 0.3) is 11.8 Å². The molecule has 6 rings (SSSR count). The highest BCUT2D eigenvalue weighted by Crippen LogP contribution is 2.34. The average molecular weight is 526 g/mol. The Morgan fingerprint density at radius 1 is 0.972 bits per heavy atom. The van der Waals surface area contributed by atoms with Gasteiger partial charge < -0.3 is 4.57 Å². The highest BCUT2D eigenvalue weighted by molar-refractivity contribution is 8.26. The molecule has 0 saturated carbocycles. The summed E-state index contributed by atoms with van der Waals surface area (Å²) >= 11 is 7.89. The predicted molar refractivity (Wildman–Crippen MR) is 152 cm³/mol. The summed E-state index contributed by atoms with van der Waals surface area (Å²) in [4.78, 5) is 26.6. The van der Waals surface area contributed by atoms with E-state index in [9.17, 15) is 9.59 Å². The number of para-hydroxylation sites is 1. The molecule has 0 atom stereocenters. The third-order valence-corrected chi connectivity index (χ3v) is 8.20. The number of benzene rings is 3. The Labute approximate surface area is 221 Å². The van der Waals surface area contributed by atoms with Crippen LogP contribution in [-0.2, 0) is 11.3 Å². The van der Waals surface area contributed by atoms with E-state index < -0.39 is 0 Å². The van der Waals surface area contributed by atoms with Crippen molar-refractivity contribution in [2.24, 2.45) is 0 Å². The number of thiocarbonyl (C=S) groups is 1. The van der Waals surface area contributed by atoms with Crippen LogP contribution in [0.15, 0.2) is 95.3 Å². The number of thioether (sulfide) groups is 1. The van der Waals surface area contributed by atoms with E-state index in [1.807, 2.05) is 35.7 Å². The van der Waals surface area contributed by atoms with Crippen LogP contribution in [-0.4, -0.2) is 25.7 Å². The quantitative estimate of drug-likeness (QED) is 0.212. The zero-order chi connectivity index (χ0) is 24.6. The van der Waals surface area contributed by atoms with Gasteiger partial charge in [0.15, 0.2) is 4.32 Å². The summed E-state index contributed by atoms with van der Waals surface area (Å²) in [6.07, 6.45) is 3.92. The SMILES string of the molecule is O=C(NN1C(=O)/C(=C/c2cn(Cc3ccc4ccccc4c3)c3ccccc23)SC1=S)c1cccs1. The van der Waals surface area contributed by atoms with Crippen LogP contribution in [0.3, 0.4) is 0 Å². The molecule has 0 aliphatic carbocycles. The minimum absolute atomic E-state index is 0.302. The van der Waals surface area contributed by atoms with Crippen LogP contribution in [0.2, 0.25) is 0 Å². The Bertz CT molecular complexity index is 1690. The molecular formula is C28H19N3O2S3. The normalized spacial score (nSPS) is 14.9. The van der Waals surface area contributed by atoms with Crippen molar-refractivity contribution < 1.29 is 9.59 Å². The number of hydrogen-bond donors (Lipinski definition) is 1. The van der Waals surface area contributed by atoms with E-state index in [0.29, 0.717) is 20.6 Å². The lowest BCUT2D eigenvalue weighted by Gasteiger charge is -2.14. The molecule has 1 aliphatic rings. The van der Waals surface area contributed by atoms with Crippen molar-refractivity contribution in [1.29, 1.82) is 0 Å². The van der Waals surface area contributed by atoms with Crippen LogP contribution in [0, 0.1) is 0 Å². The van der Waals surface area contributed by atoms with E-state index in [1.54, 1.807) is 12.1 Å². The largest absolute Gasteiger partial charge is 0.342 e. The number of fused-ring (bicyclic) bond motifs is 2. The molecule has 36 heavy (non-hydrogen) atoms. The zero-order valence-electron chi connectivity index (χ0n) is 18.9. The number of rotatable bonds is 5. The lowest BCUT2D eigenvalue weighted by atomic mass is 10.1. The molecule has 1 aliphatic heterocycles.